The van der Waals surface area contributed by atoms with Crippen LogP contribution in [0.25, 0.3) is 0 Å². The first-order valence-electron chi connectivity index (χ1n) is 6.34. The van der Waals surface area contributed by atoms with E-state index in [-0.39, 0.29) is 0 Å². The lowest BCUT2D eigenvalue weighted by Crippen LogP contribution is -2.45. The molecular formula is C13H28N2. The molecule has 1 fully saturated rings. The number of hydrogen-bond donors (Lipinski definition) is 1. The number of hydrogen-bond acceptors (Lipinski definition) is 2. The van der Waals surface area contributed by atoms with Crippen LogP contribution in [0.3, 0.4) is 0 Å². The monoisotopic (exact) mass is 212 g/mol. The highest BCUT2D eigenvalue weighted by Gasteiger charge is 2.34. The van der Waals surface area contributed by atoms with E-state index in [1.807, 2.05) is 0 Å². The molecule has 1 aliphatic carbocycles. The van der Waals surface area contributed by atoms with E-state index in [0.717, 1.165) is 18.5 Å². The van der Waals surface area contributed by atoms with Gasteiger partial charge in [-0.25, -0.2) is 0 Å². The van der Waals surface area contributed by atoms with Crippen molar-refractivity contribution >= 4 is 0 Å². The Kier molecular flexibility index (Phi) is 4.60. The van der Waals surface area contributed by atoms with Crippen LogP contribution >= 0.6 is 0 Å². The second-order valence-corrected chi connectivity index (χ2v) is 5.92. The Labute approximate surface area is 95.4 Å². The summed E-state index contributed by atoms with van der Waals surface area (Å²) < 4.78 is 0. The molecule has 0 radical (unpaired) electrons. The highest BCUT2D eigenvalue weighted by Crippen LogP contribution is 2.38. The third-order valence-electron chi connectivity index (χ3n) is 3.97. The Balaban J connectivity index is 2.55. The zero-order valence-electron chi connectivity index (χ0n) is 11.1. The first-order valence-corrected chi connectivity index (χ1v) is 6.34. The van der Waals surface area contributed by atoms with E-state index in [4.69, 9.17) is 0 Å². The molecule has 0 aromatic rings. The largest absolute Gasteiger partial charge is 0.317 e. The third kappa shape index (κ3) is 3.76. The molecule has 15 heavy (non-hydrogen) atoms. The van der Waals surface area contributed by atoms with E-state index in [1.54, 1.807) is 0 Å². The molecule has 0 aliphatic heterocycles. The van der Waals surface area contributed by atoms with E-state index in [1.165, 1.54) is 25.8 Å². The van der Waals surface area contributed by atoms with Crippen molar-refractivity contribution in [2.24, 2.45) is 11.3 Å². The summed E-state index contributed by atoms with van der Waals surface area (Å²) in [5.74, 6) is 0.823. The smallest absolute Gasteiger partial charge is 0.0105 e. The lowest BCUT2D eigenvalue weighted by atomic mass is 9.70. The molecule has 2 nitrogen and oxygen atoms in total. The topological polar surface area (TPSA) is 15.3 Å². The first kappa shape index (κ1) is 13.0. The lowest BCUT2D eigenvalue weighted by Gasteiger charge is -2.42. The van der Waals surface area contributed by atoms with Crippen LogP contribution in [-0.2, 0) is 0 Å². The molecule has 0 aromatic carbocycles. The van der Waals surface area contributed by atoms with E-state index >= 15 is 0 Å². The molecule has 0 heterocycles. The van der Waals surface area contributed by atoms with Gasteiger partial charge in [-0.3, -0.25) is 0 Å². The van der Waals surface area contributed by atoms with Crippen LogP contribution in [0.2, 0.25) is 0 Å². The Bertz CT molecular complexity index is 189. The van der Waals surface area contributed by atoms with Crippen molar-refractivity contribution in [2.75, 3.05) is 27.2 Å². The van der Waals surface area contributed by atoms with Crippen LogP contribution in [0, 0.1) is 11.3 Å². The van der Waals surface area contributed by atoms with Gasteiger partial charge in [0.15, 0.2) is 0 Å². The number of nitrogens with zero attached hydrogens (tertiary/aromatic N) is 1. The van der Waals surface area contributed by atoms with Gasteiger partial charge < -0.3 is 10.2 Å². The number of rotatable bonds is 4. The zero-order chi connectivity index (χ0) is 11.5. The van der Waals surface area contributed by atoms with Crippen LogP contribution in [0.5, 0.6) is 0 Å². The van der Waals surface area contributed by atoms with Gasteiger partial charge in [0.05, 0.1) is 0 Å². The van der Waals surface area contributed by atoms with E-state index in [9.17, 15) is 0 Å². The van der Waals surface area contributed by atoms with E-state index in [2.05, 4.69) is 45.1 Å². The average molecular weight is 212 g/mol. The molecule has 0 bridgehead atoms. The maximum absolute atomic E-state index is 3.49. The predicted molar refractivity (Wildman–Crippen MR) is 67.1 cm³/mol. The van der Waals surface area contributed by atoms with Gasteiger partial charge in [0, 0.05) is 12.6 Å². The van der Waals surface area contributed by atoms with E-state index in [0.29, 0.717) is 5.41 Å². The third-order valence-corrected chi connectivity index (χ3v) is 3.97. The van der Waals surface area contributed by atoms with Crippen molar-refractivity contribution in [3.05, 3.63) is 0 Å². The maximum Gasteiger partial charge on any atom is 0.0105 e. The van der Waals surface area contributed by atoms with E-state index < -0.39 is 0 Å². The van der Waals surface area contributed by atoms with Gasteiger partial charge in [-0.15, -0.1) is 0 Å². The normalized spacial score (nSPS) is 30.8. The molecule has 2 unspecified atom stereocenters. The molecule has 1 N–H and O–H groups in total. The van der Waals surface area contributed by atoms with Gasteiger partial charge in [-0.2, -0.15) is 0 Å². The van der Waals surface area contributed by atoms with Crippen molar-refractivity contribution in [3.8, 4) is 0 Å². The van der Waals surface area contributed by atoms with Crippen molar-refractivity contribution in [3.63, 3.8) is 0 Å². The molecule has 0 saturated heterocycles. The molecule has 1 saturated carbocycles. The van der Waals surface area contributed by atoms with Crippen molar-refractivity contribution in [1.82, 2.24) is 10.2 Å². The summed E-state index contributed by atoms with van der Waals surface area (Å²) in [6.45, 7) is 9.47. The van der Waals surface area contributed by atoms with Crippen molar-refractivity contribution in [1.29, 1.82) is 0 Å². The Morgan fingerprint density at radius 3 is 2.60 bits per heavy atom. The summed E-state index contributed by atoms with van der Waals surface area (Å²) in [5.41, 5.74) is 0.548. The van der Waals surface area contributed by atoms with Crippen LogP contribution in [0.1, 0.15) is 40.0 Å². The van der Waals surface area contributed by atoms with Crippen LogP contribution in [-0.4, -0.2) is 38.1 Å². The second kappa shape index (κ2) is 5.31. The van der Waals surface area contributed by atoms with Crippen molar-refractivity contribution < 1.29 is 0 Å². The molecule has 0 spiro atoms. The van der Waals surface area contributed by atoms with Gasteiger partial charge in [-0.05, 0) is 51.2 Å². The maximum atomic E-state index is 3.49. The minimum atomic E-state index is 0.548. The molecule has 1 aliphatic rings. The summed E-state index contributed by atoms with van der Waals surface area (Å²) in [5, 5.41) is 3.49. The summed E-state index contributed by atoms with van der Waals surface area (Å²) in [7, 11) is 4.34. The van der Waals surface area contributed by atoms with Gasteiger partial charge in [0.25, 0.3) is 0 Å². The standard InChI is InChI=1S/C13H28N2/c1-6-15(5)10-11-9-13(2,3)8-7-12(11)14-4/h11-12,14H,6-10H2,1-5H3. The first-order chi connectivity index (χ1) is 6.98. The quantitative estimate of drug-likeness (QED) is 0.769. The molecule has 0 amide bonds. The predicted octanol–water partition coefficient (Wildman–Crippen LogP) is 2.35. The molecule has 2 atom stereocenters. The molecule has 1 rings (SSSR count). The summed E-state index contributed by atoms with van der Waals surface area (Å²) >= 11 is 0. The van der Waals surface area contributed by atoms with Gasteiger partial charge in [0.1, 0.15) is 0 Å². The Morgan fingerprint density at radius 2 is 2.07 bits per heavy atom. The Morgan fingerprint density at radius 1 is 1.40 bits per heavy atom. The van der Waals surface area contributed by atoms with Crippen molar-refractivity contribution in [2.45, 2.75) is 46.1 Å². The summed E-state index contributed by atoms with van der Waals surface area (Å²) in [6.07, 6.45) is 4.07. The SMILES string of the molecule is CCN(C)CC1CC(C)(C)CCC1NC. The highest BCUT2D eigenvalue weighted by atomic mass is 15.1. The fourth-order valence-corrected chi connectivity index (χ4v) is 2.84. The average Bonchev–Trinajstić information content (AvgIpc) is 2.17. The summed E-state index contributed by atoms with van der Waals surface area (Å²) in [6, 6.07) is 0.729. The molecule has 0 aromatic heterocycles. The van der Waals surface area contributed by atoms with Gasteiger partial charge in [0.2, 0.25) is 0 Å². The fourth-order valence-electron chi connectivity index (χ4n) is 2.84. The molecular weight excluding hydrogens is 184 g/mol. The molecule has 2 heteroatoms. The minimum absolute atomic E-state index is 0.548. The number of nitrogens with one attached hydrogen (secondary N) is 1. The lowest BCUT2D eigenvalue weighted by molar-refractivity contribution is 0.114. The van der Waals surface area contributed by atoms with Crippen LogP contribution in [0.15, 0.2) is 0 Å². The highest BCUT2D eigenvalue weighted by molar-refractivity contribution is 4.89. The zero-order valence-corrected chi connectivity index (χ0v) is 11.1. The summed E-state index contributed by atoms with van der Waals surface area (Å²) in [4.78, 5) is 2.44. The van der Waals surface area contributed by atoms with Crippen LogP contribution < -0.4 is 5.32 Å². The van der Waals surface area contributed by atoms with Crippen LogP contribution in [0.4, 0.5) is 0 Å². The minimum Gasteiger partial charge on any atom is -0.317 e. The second-order valence-electron chi connectivity index (χ2n) is 5.92. The Hall–Kier alpha value is -0.0800. The fraction of sp³-hybridized carbons (Fsp3) is 1.00. The van der Waals surface area contributed by atoms with Gasteiger partial charge >= 0.3 is 0 Å². The van der Waals surface area contributed by atoms with Gasteiger partial charge in [-0.1, -0.05) is 20.8 Å². The molecule has 90 valence electrons.